The van der Waals surface area contributed by atoms with E-state index in [1.807, 2.05) is 17.5 Å². The third-order valence-electron chi connectivity index (χ3n) is 5.52. The quantitative estimate of drug-likeness (QED) is 0.590. The molecule has 0 N–H and O–H groups in total. The number of esters is 1. The minimum atomic E-state index is -0.184. The van der Waals surface area contributed by atoms with Gasteiger partial charge in [0.2, 0.25) is 0 Å². The number of carbonyl (C=O) groups excluding carboxylic acids is 2. The normalized spacial score (nSPS) is 15.0. The molecule has 0 bridgehead atoms. The zero-order valence-electron chi connectivity index (χ0n) is 16.8. The summed E-state index contributed by atoms with van der Waals surface area (Å²) < 4.78 is 7.10. The highest BCUT2D eigenvalue weighted by molar-refractivity contribution is 7.13. The van der Waals surface area contributed by atoms with Crippen LogP contribution in [0.25, 0.3) is 21.6 Å². The number of benzene rings is 1. The van der Waals surface area contributed by atoms with Crippen LogP contribution >= 0.6 is 11.3 Å². The van der Waals surface area contributed by atoms with Crippen LogP contribution in [0.4, 0.5) is 0 Å². The van der Waals surface area contributed by atoms with Crippen molar-refractivity contribution in [1.82, 2.24) is 14.5 Å². The van der Waals surface area contributed by atoms with E-state index < -0.39 is 0 Å². The molecule has 29 heavy (non-hydrogen) atoms. The van der Waals surface area contributed by atoms with Crippen molar-refractivity contribution in [3.05, 3.63) is 41.4 Å². The van der Waals surface area contributed by atoms with Gasteiger partial charge < -0.3 is 14.2 Å². The Labute approximate surface area is 174 Å². The van der Waals surface area contributed by atoms with Gasteiger partial charge in [-0.05, 0) is 31.4 Å². The van der Waals surface area contributed by atoms with E-state index in [2.05, 4.69) is 34.7 Å². The second kappa shape index (κ2) is 8.37. The molecule has 0 unspecified atom stereocenters. The number of rotatable bonds is 5. The van der Waals surface area contributed by atoms with Gasteiger partial charge in [0, 0.05) is 35.9 Å². The van der Waals surface area contributed by atoms with Gasteiger partial charge in [-0.25, -0.2) is 4.98 Å². The average molecular weight is 412 g/mol. The maximum Gasteiger partial charge on any atom is 0.308 e. The first kappa shape index (κ1) is 19.6. The molecule has 0 aliphatic carbocycles. The number of methoxy groups -OCH3 is 1. The molecule has 1 aliphatic rings. The smallest absolute Gasteiger partial charge is 0.308 e. The molecule has 1 saturated heterocycles. The van der Waals surface area contributed by atoms with Crippen LogP contribution in [0.5, 0.6) is 0 Å². The standard InChI is InChI=1S/C22H25N3O3S/c1-3-10-25-18-7-5-4-6-16(18)13-19(25)20-23-17(14-29-20)21(26)24-11-8-15(9-12-24)22(27)28-2/h4-7,13-15H,3,8-12H2,1-2H3. The summed E-state index contributed by atoms with van der Waals surface area (Å²) in [5.41, 5.74) is 2.73. The Bertz CT molecular complexity index is 1030. The molecule has 0 atom stereocenters. The molecule has 1 aliphatic heterocycles. The van der Waals surface area contributed by atoms with Crippen LogP contribution in [-0.2, 0) is 16.1 Å². The summed E-state index contributed by atoms with van der Waals surface area (Å²) in [6.07, 6.45) is 2.30. The van der Waals surface area contributed by atoms with Crippen LogP contribution in [0.15, 0.2) is 35.7 Å². The van der Waals surface area contributed by atoms with Crippen molar-refractivity contribution in [3.63, 3.8) is 0 Å². The minimum absolute atomic E-state index is 0.0611. The van der Waals surface area contributed by atoms with E-state index in [-0.39, 0.29) is 17.8 Å². The number of fused-ring (bicyclic) bond motifs is 1. The summed E-state index contributed by atoms with van der Waals surface area (Å²) in [4.78, 5) is 31.1. The number of thiazole rings is 1. The number of likely N-dealkylation sites (tertiary alicyclic amines) is 1. The molecule has 0 spiro atoms. The number of hydrogen-bond donors (Lipinski definition) is 0. The second-order valence-electron chi connectivity index (χ2n) is 7.37. The van der Waals surface area contributed by atoms with Gasteiger partial charge in [0.15, 0.2) is 0 Å². The van der Waals surface area contributed by atoms with Gasteiger partial charge in [-0.15, -0.1) is 11.3 Å². The number of aryl methyl sites for hydroxylation is 1. The molecule has 1 fully saturated rings. The summed E-state index contributed by atoms with van der Waals surface area (Å²) in [7, 11) is 1.41. The molecule has 3 heterocycles. The van der Waals surface area contributed by atoms with E-state index in [1.165, 1.54) is 29.3 Å². The van der Waals surface area contributed by atoms with Crippen molar-refractivity contribution in [3.8, 4) is 10.7 Å². The topological polar surface area (TPSA) is 64.4 Å². The number of ether oxygens (including phenoxy) is 1. The molecular weight excluding hydrogens is 386 g/mol. The monoisotopic (exact) mass is 411 g/mol. The lowest BCUT2D eigenvalue weighted by molar-refractivity contribution is -0.146. The predicted molar refractivity (Wildman–Crippen MR) is 114 cm³/mol. The number of amides is 1. The number of carbonyl (C=O) groups is 2. The van der Waals surface area contributed by atoms with Gasteiger partial charge >= 0.3 is 5.97 Å². The van der Waals surface area contributed by atoms with E-state index in [4.69, 9.17) is 4.74 Å². The van der Waals surface area contributed by atoms with Crippen molar-refractivity contribution in [2.45, 2.75) is 32.7 Å². The molecule has 0 saturated carbocycles. The highest BCUT2D eigenvalue weighted by Gasteiger charge is 2.29. The first-order valence-corrected chi connectivity index (χ1v) is 10.9. The molecule has 1 aromatic carbocycles. The van der Waals surface area contributed by atoms with Gasteiger partial charge in [0.25, 0.3) is 5.91 Å². The second-order valence-corrected chi connectivity index (χ2v) is 8.23. The summed E-state index contributed by atoms with van der Waals surface area (Å²) in [6.45, 7) is 4.18. The van der Waals surface area contributed by atoms with E-state index in [0.717, 1.165) is 23.7 Å². The SMILES string of the molecule is CCCn1c(-c2nc(C(=O)N3CCC(C(=O)OC)CC3)cs2)cc2ccccc21. The first-order valence-electron chi connectivity index (χ1n) is 10.0. The number of nitrogens with zero attached hydrogens (tertiary/aromatic N) is 3. The molecule has 3 aromatic rings. The fraction of sp³-hybridized carbons (Fsp3) is 0.409. The van der Waals surface area contributed by atoms with Crippen LogP contribution in [-0.4, -0.2) is 46.5 Å². The Balaban J connectivity index is 1.55. The number of aromatic nitrogens is 2. The number of para-hydroxylation sites is 1. The van der Waals surface area contributed by atoms with Gasteiger partial charge in [0.05, 0.1) is 18.7 Å². The lowest BCUT2D eigenvalue weighted by atomic mass is 9.97. The molecular formula is C22H25N3O3S. The Morgan fingerprint density at radius 3 is 2.72 bits per heavy atom. The fourth-order valence-electron chi connectivity index (χ4n) is 3.99. The van der Waals surface area contributed by atoms with Gasteiger partial charge in [-0.2, -0.15) is 0 Å². The van der Waals surface area contributed by atoms with Crippen LogP contribution in [0.1, 0.15) is 36.7 Å². The Hall–Kier alpha value is -2.67. The highest BCUT2D eigenvalue weighted by Crippen LogP contribution is 2.31. The van der Waals surface area contributed by atoms with Crippen molar-refractivity contribution in [2.75, 3.05) is 20.2 Å². The summed E-state index contributed by atoms with van der Waals surface area (Å²) in [5.74, 6) is -0.356. The minimum Gasteiger partial charge on any atom is -0.469 e. The van der Waals surface area contributed by atoms with E-state index in [9.17, 15) is 9.59 Å². The van der Waals surface area contributed by atoms with Crippen molar-refractivity contribution < 1.29 is 14.3 Å². The third-order valence-corrected chi connectivity index (χ3v) is 6.38. The average Bonchev–Trinajstić information content (AvgIpc) is 3.38. The van der Waals surface area contributed by atoms with Crippen LogP contribution in [0.2, 0.25) is 0 Å². The van der Waals surface area contributed by atoms with Crippen molar-refractivity contribution >= 4 is 34.1 Å². The molecule has 0 radical (unpaired) electrons. The zero-order valence-corrected chi connectivity index (χ0v) is 17.6. The molecule has 6 nitrogen and oxygen atoms in total. The maximum absolute atomic E-state index is 12.9. The Kier molecular flexibility index (Phi) is 5.67. The molecule has 7 heteroatoms. The van der Waals surface area contributed by atoms with Crippen LogP contribution in [0, 0.1) is 5.92 Å². The predicted octanol–water partition coefficient (Wildman–Crippen LogP) is 4.20. The highest BCUT2D eigenvalue weighted by atomic mass is 32.1. The molecule has 2 aromatic heterocycles. The van der Waals surface area contributed by atoms with Crippen LogP contribution in [0.3, 0.4) is 0 Å². The van der Waals surface area contributed by atoms with Gasteiger partial charge in [0.1, 0.15) is 10.7 Å². The Morgan fingerprint density at radius 2 is 2.00 bits per heavy atom. The summed E-state index contributed by atoms with van der Waals surface area (Å²) in [6, 6.07) is 10.5. The fourth-order valence-corrected chi connectivity index (χ4v) is 4.81. The summed E-state index contributed by atoms with van der Waals surface area (Å²) in [5, 5.41) is 3.89. The van der Waals surface area contributed by atoms with Gasteiger partial charge in [-0.3, -0.25) is 9.59 Å². The van der Waals surface area contributed by atoms with E-state index in [0.29, 0.717) is 31.6 Å². The third kappa shape index (κ3) is 3.79. The Morgan fingerprint density at radius 1 is 1.24 bits per heavy atom. The maximum atomic E-state index is 12.9. The summed E-state index contributed by atoms with van der Waals surface area (Å²) >= 11 is 1.51. The van der Waals surface area contributed by atoms with E-state index in [1.54, 1.807) is 4.90 Å². The molecule has 1 amide bonds. The largest absolute Gasteiger partial charge is 0.469 e. The van der Waals surface area contributed by atoms with Crippen LogP contribution < -0.4 is 0 Å². The number of hydrogen-bond acceptors (Lipinski definition) is 5. The van der Waals surface area contributed by atoms with Crippen molar-refractivity contribution in [2.24, 2.45) is 5.92 Å². The van der Waals surface area contributed by atoms with E-state index >= 15 is 0 Å². The number of piperidine rings is 1. The lowest BCUT2D eigenvalue weighted by Crippen LogP contribution is -2.40. The molecule has 4 rings (SSSR count). The van der Waals surface area contributed by atoms with Crippen molar-refractivity contribution in [1.29, 1.82) is 0 Å². The lowest BCUT2D eigenvalue weighted by Gasteiger charge is -2.30. The first-order chi connectivity index (χ1) is 14.1. The molecule has 152 valence electrons. The zero-order chi connectivity index (χ0) is 20.4. The van der Waals surface area contributed by atoms with Gasteiger partial charge in [-0.1, -0.05) is 25.1 Å².